The minimum atomic E-state index is -0.0139. The normalized spacial score (nSPS) is 26.9. The summed E-state index contributed by atoms with van der Waals surface area (Å²) in [5.74, 6) is 1.15. The van der Waals surface area contributed by atoms with Gasteiger partial charge in [-0.1, -0.05) is 18.2 Å². The average molecular weight is 246 g/mol. The summed E-state index contributed by atoms with van der Waals surface area (Å²) in [6.45, 7) is 1.53. The van der Waals surface area contributed by atoms with Gasteiger partial charge >= 0.3 is 0 Å². The molecule has 0 aromatic heterocycles. The molecule has 1 aromatic carbocycles. The number of likely N-dealkylation sites (tertiary alicyclic amines) is 1. The van der Waals surface area contributed by atoms with Crippen molar-refractivity contribution in [2.24, 2.45) is 0 Å². The van der Waals surface area contributed by atoms with Gasteiger partial charge in [-0.15, -0.1) is 0 Å². The summed E-state index contributed by atoms with van der Waals surface area (Å²) in [6, 6.07) is 8.21. The molecule has 2 aliphatic heterocycles. The molecular formula is C14H18N2O2. The number of hydrogen-bond donors (Lipinski definition) is 1. The number of nitrogens with one attached hydrogen (secondary N) is 1. The first-order chi connectivity index (χ1) is 8.81. The number of amides is 1. The fourth-order valence-electron chi connectivity index (χ4n) is 2.93. The van der Waals surface area contributed by atoms with E-state index in [4.69, 9.17) is 4.74 Å². The molecule has 3 rings (SSSR count). The second-order valence-corrected chi connectivity index (χ2v) is 4.85. The summed E-state index contributed by atoms with van der Waals surface area (Å²) in [4.78, 5) is 14.3. The second-order valence-electron chi connectivity index (χ2n) is 4.85. The van der Waals surface area contributed by atoms with Crippen LogP contribution < -0.4 is 10.1 Å². The van der Waals surface area contributed by atoms with E-state index < -0.39 is 0 Å². The standard InChI is InChI=1S/C14H18N2O2/c1-15-11-6-8-16(14(11)17)12-7-9-18-13-5-3-2-4-10(12)13/h2-5,11-12,15H,6-9H2,1H3. The first-order valence-corrected chi connectivity index (χ1v) is 6.50. The fraction of sp³-hybridized carbons (Fsp3) is 0.500. The maximum Gasteiger partial charge on any atom is 0.240 e. The van der Waals surface area contributed by atoms with Gasteiger partial charge in [0.05, 0.1) is 18.7 Å². The molecule has 18 heavy (non-hydrogen) atoms. The number of ether oxygens (including phenoxy) is 1. The molecule has 0 radical (unpaired) electrons. The number of fused-ring (bicyclic) bond motifs is 1. The van der Waals surface area contributed by atoms with Gasteiger partial charge in [0, 0.05) is 18.5 Å². The zero-order valence-electron chi connectivity index (χ0n) is 10.6. The van der Waals surface area contributed by atoms with Gasteiger partial charge in [0.15, 0.2) is 0 Å². The molecular weight excluding hydrogens is 228 g/mol. The van der Waals surface area contributed by atoms with Crippen LogP contribution in [0.5, 0.6) is 5.75 Å². The van der Waals surface area contributed by atoms with Gasteiger partial charge in [-0.2, -0.15) is 0 Å². The Kier molecular flexibility index (Phi) is 2.96. The molecule has 0 saturated carbocycles. The molecule has 1 aromatic rings. The number of likely N-dealkylation sites (N-methyl/N-ethyl adjacent to an activating group) is 1. The average Bonchev–Trinajstić information content (AvgIpc) is 2.79. The molecule has 4 nitrogen and oxygen atoms in total. The van der Waals surface area contributed by atoms with Crippen molar-refractivity contribution < 1.29 is 9.53 Å². The van der Waals surface area contributed by atoms with Crippen molar-refractivity contribution in [2.45, 2.75) is 24.9 Å². The number of para-hydroxylation sites is 1. The van der Waals surface area contributed by atoms with Crippen LogP contribution in [0.3, 0.4) is 0 Å². The number of carbonyl (C=O) groups excluding carboxylic acids is 1. The van der Waals surface area contributed by atoms with Crippen LogP contribution in [0, 0.1) is 0 Å². The minimum Gasteiger partial charge on any atom is -0.493 e. The third-order valence-electron chi connectivity index (χ3n) is 3.89. The van der Waals surface area contributed by atoms with E-state index >= 15 is 0 Å². The van der Waals surface area contributed by atoms with Crippen LogP contribution in [0.1, 0.15) is 24.4 Å². The molecule has 1 fully saturated rings. The Morgan fingerprint density at radius 2 is 2.17 bits per heavy atom. The Labute approximate surface area is 107 Å². The number of rotatable bonds is 2. The van der Waals surface area contributed by atoms with Crippen molar-refractivity contribution in [3.8, 4) is 5.75 Å². The zero-order valence-corrected chi connectivity index (χ0v) is 10.6. The highest BCUT2D eigenvalue weighted by atomic mass is 16.5. The Hall–Kier alpha value is -1.55. The Balaban J connectivity index is 1.88. The highest BCUT2D eigenvalue weighted by molar-refractivity contribution is 5.84. The van der Waals surface area contributed by atoms with Crippen LogP contribution in [0.2, 0.25) is 0 Å². The van der Waals surface area contributed by atoms with Crippen molar-refractivity contribution in [3.63, 3.8) is 0 Å². The summed E-state index contributed by atoms with van der Waals surface area (Å²) in [6.07, 6.45) is 1.79. The molecule has 0 aliphatic carbocycles. The predicted molar refractivity (Wildman–Crippen MR) is 68.5 cm³/mol. The highest BCUT2D eigenvalue weighted by Gasteiger charge is 2.37. The molecule has 2 heterocycles. The van der Waals surface area contributed by atoms with E-state index in [-0.39, 0.29) is 18.0 Å². The molecule has 0 bridgehead atoms. The van der Waals surface area contributed by atoms with Crippen LogP contribution in [0.4, 0.5) is 0 Å². The third kappa shape index (κ3) is 1.77. The fourth-order valence-corrected chi connectivity index (χ4v) is 2.93. The van der Waals surface area contributed by atoms with Crippen molar-refractivity contribution in [3.05, 3.63) is 29.8 Å². The maximum absolute atomic E-state index is 12.3. The molecule has 96 valence electrons. The van der Waals surface area contributed by atoms with E-state index in [0.717, 1.165) is 30.7 Å². The molecule has 4 heteroatoms. The lowest BCUT2D eigenvalue weighted by atomic mass is 9.99. The van der Waals surface area contributed by atoms with Gasteiger partial charge in [0.25, 0.3) is 0 Å². The molecule has 2 atom stereocenters. The van der Waals surface area contributed by atoms with Gasteiger partial charge < -0.3 is 15.0 Å². The molecule has 0 spiro atoms. The molecule has 1 amide bonds. The van der Waals surface area contributed by atoms with Gasteiger partial charge in [0.2, 0.25) is 5.91 Å². The molecule has 1 N–H and O–H groups in total. The summed E-state index contributed by atoms with van der Waals surface area (Å²) in [7, 11) is 1.85. The van der Waals surface area contributed by atoms with Crippen molar-refractivity contribution >= 4 is 5.91 Å². The van der Waals surface area contributed by atoms with Gasteiger partial charge in [-0.3, -0.25) is 4.79 Å². The number of carbonyl (C=O) groups is 1. The van der Waals surface area contributed by atoms with E-state index in [1.54, 1.807) is 0 Å². The van der Waals surface area contributed by atoms with Gasteiger partial charge in [-0.05, 0) is 19.5 Å². The van der Waals surface area contributed by atoms with Crippen molar-refractivity contribution in [2.75, 3.05) is 20.2 Å². The molecule has 1 saturated heterocycles. The molecule has 2 unspecified atom stereocenters. The number of nitrogens with zero attached hydrogens (tertiary/aromatic N) is 1. The van der Waals surface area contributed by atoms with Crippen LogP contribution in [0.25, 0.3) is 0 Å². The zero-order chi connectivity index (χ0) is 12.5. The Morgan fingerprint density at radius 3 is 2.94 bits per heavy atom. The lowest BCUT2D eigenvalue weighted by Crippen LogP contribution is -2.39. The van der Waals surface area contributed by atoms with E-state index in [9.17, 15) is 4.79 Å². The van der Waals surface area contributed by atoms with Crippen LogP contribution in [-0.2, 0) is 4.79 Å². The summed E-state index contributed by atoms with van der Waals surface area (Å²) >= 11 is 0. The first-order valence-electron chi connectivity index (χ1n) is 6.50. The van der Waals surface area contributed by atoms with Crippen molar-refractivity contribution in [1.29, 1.82) is 0 Å². The maximum atomic E-state index is 12.3. The Bertz CT molecular complexity index is 461. The first kappa shape index (κ1) is 11.5. The van der Waals surface area contributed by atoms with Crippen LogP contribution >= 0.6 is 0 Å². The summed E-state index contributed by atoms with van der Waals surface area (Å²) in [5.41, 5.74) is 1.15. The van der Waals surface area contributed by atoms with Crippen LogP contribution in [-0.4, -0.2) is 37.0 Å². The van der Waals surface area contributed by atoms with Crippen molar-refractivity contribution in [1.82, 2.24) is 10.2 Å². The summed E-state index contributed by atoms with van der Waals surface area (Å²) < 4.78 is 5.65. The largest absolute Gasteiger partial charge is 0.493 e. The quantitative estimate of drug-likeness (QED) is 0.856. The monoisotopic (exact) mass is 246 g/mol. The smallest absolute Gasteiger partial charge is 0.240 e. The highest BCUT2D eigenvalue weighted by Crippen LogP contribution is 2.37. The SMILES string of the molecule is CNC1CCN(C2CCOc3ccccc32)C1=O. The van der Waals surface area contributed by atoms with Gasteiger partial charge in [-0.25, -0.2) is 0 Å². The second kappa shape index (κ2) is 4.61. The number of hydrogen-bond acceptors (Lipinski definition) is 3. The lowest BCUT2D eigenvalue weighted by molar-refractivity contribution is -0.131. The number of benzene rings is 1. The summed E-state index contributed by atoms with van der Waals surface area (Å²) in [5, 5.41) is 3.08. The minimum absolute atomic E-state index is 0.0139. The van der Waals surface area contributed by atoms with Gasteiger partial charge in [0.1, 0.15) is 5.75 Å². The van der Waals surface area contributed by atoms with E-state index in [1.807, 2.05) is 30.1 Å². The topological polar surface area (TPSA) is 41.6 Å². The molecule has 2 aliphatic rings. The third-order valence-corrected chi connectivity index (χ3v) is 3.89. The lowest BCUT2D eigenvalue weighted by Gasteiger charge is -2.33. The van der Waals surface area contributed by atoms with E-state index in [1.165, 1.54) is 0 Å². The van der Waals surface area contributed by atoms with E-state index in [2.05, 4.69) is 11.4 Å². The van der Waals surface area contributed by atoms with E-state index in [0.29, 0.717) is 6.61 Å². The Morgan fingerprint density at radius 1 is 1.33 bits per heavy atom. The van der Waals surface area contributed by atoms with Crippen LogP contribution in [0.15, 0.2) is 24.3 Å². The predicted octanol–water partition coefficient (Wildman–Crippen LogP) is 1.33.